The summed E-state index contributed by atoms with van der Waals surface area (Å²) in [6.45, 7) is 5.72. The fraction of sp³-hybridized carbons (Fsp3) is 0.222. The van der Waals surface area contributed by atoms with Crippen LogP contribution in [-0.2, 0) is 10.0 Å². The van der Waals surface area contributed by atoms with E-state index in [4.69, 9.17) is 0 Å². The lowest BCUT2D eigenvalue weighted by atomic mass is 10.0. The number of anilines is 1. The second kappa shape index (κ2) is 5.42. The van der Waals surface area contributed by atoms with E-state index < -0.39 is 16.2 Å². The highest BCUT2D eigenvalue weighted by Crippen LogP contribution is 2.43. The Kier molecular flexibility index (Phi) is 3.43. The Labute approximate surface area is 146 Å². The minimum absolute atomic E-state index is 0.264. The number of hydrogen-bond acceptors (Lipinski definition) is 4. The monoisotopic (exact) mass is 354 g/mol. The van der Waals surface area contributed by atoms with Crippen LogP contribution in [0.5, 0.6) is 0 Å². The molecule has 1 aromatic heterocycles. The van der Waals surface area contributed by atoms with Gasteiger partial charge in [0.05, 0.1) is 22.5 Å². The van der Waals surface area contributed by atoms with Gasteiger partial charge in [-0.05, 0) is 45.0 Å². The van der Waals surface area contributed by atoms with Crippen LogP contribution in [0.4, 0.5) is 5.69 Å². The minimum atomic E-state index is -3.73. The predicted octanol–water partition coefficient (Wildman–Crippen LogP) is 3.29. The Morgan fingerprint density at radius 3 is 2.40 bits per heavy atom. The largest absolute Gasteiger partial charge is 0.266 e. The molecule has 1 aliphatic rings. The van der Waals surface area contributed by atoms with Gasteiger partial charge in [0.15, 0.2) is 0 Å². The summed E-state index contributed by atoms with van der Waals surface area (Å²) in [6, 6.07) is 12.6. The molecular weight excluding hydrogens is 336 g/mol. The highest BCUT2D eigenvalue weighted by atomic mass is 32.2. The minimum Gasteiger partial charge on any atom is -0.242 e. The molecule has 0 N–H and O–H groups in total. The van der Waals surface area contributed by atoms with E-state index in [2.05, 4.69) is 10.3 Å². The van der Waals surface area contributed by atoms with Crippen molar-refractivity contribution in [3.63, 3.8) is 0 Å². The molecule has 6 nitrogen and oxygen atoms in total. The fourth-order valence-electron chi connectivity index (χ4n) is 3.21. The zero-order valence-electron chi connectivity index (χ0n) is 14.2. The molecular formula is C18H18N4O2S. The first kappa shape index (κ1) is 15.8. The van der Waals surface area contributed by atoms with Gasteiger partial charge in [-0.1, -0.05) is 34.5 Å². The van der Waals surface area contributed by atoms with Gasteiger partial charge in [-0.15, -0.1) is 5.10 Å². The third-order valence-electron chi connectivity index (χ3n) is 4.51. The number of hydrogen-bond donors (Lipinski definition) is 0. The van der Waals surface area contributed by atoms with Crippen molar-refractivity contribution in [2.45, 2.75) is 31.8 Å². The normalized spacial score (nSPS) is 16.4. The lowest BCUT2D eigenvalue weighted by Gasteiger charge is -2.36. The second-order valence-electron chi connectivity index (χ2n) is 6.33. The van der Waals surface area contributed by atoms with E-state index in [0.29, 0.717) is 5.69 Å². The van der Waals surface area contributed by atoms with Crippen molar-refractivity contribution >= 4 is 15.7 Å². The first-order valence-electron chi connectivity index (χ1n) is 8.02. The highest BCUT2D eigenvalue weighted by Gasteiger charge is 2.37. The van der Waals surface area contributed by atoms with E-state index in [-0.39, 0.29) is 4.90 Å². The molecule has 0 bridgehead atoms. The first-order chi connectivity index (χ1) is 11.9. The Bertz CT molecular complexity index is 1050. The summed E-state index contributed by atoms with van der Waals surface area (Å²) >= 11 is 0. The van der Waals surface area contributed by atoms with E-state index >= 15 is 0 Å². The van der Waals surface area contributed by atoms with Gasteiger partial charge in [-0.2, -0.15) is 0 Å². The molecule has 4 rings (SSSR count). The topological polar surface area (TPSA) is 68.1 Å². The van der Waals surface area contributed by atoms with Gasteiger partial charge in [0, 0.05) is 5.56 Å². The third kappa shape index (κ3) is 2.34. The molecule has 1 aliphatic heterocycles. The Balaban J connectivity index is 1.95. The SMILES string of the molecule is Cc1ccc(S(=O)(=O)N2c3ccc(C)cc3-c3cnnn3C2C)cc1. The smallest absolute Gasteiger partial charge is 0.242 e. The average Bonchev–Trinajstić information content (AvgIpc) is 3.06. The molecule has 0 amide bonds. The molecule has 0 aliphatic carbocycles. The molecule has 0 radical (unpaired) electrons. The summed E-state index contributed by atoms with van der Waals surface area (Å²) in [5, 5.41) is 8.07. The average molecular weight is 354 g/mol. The maximum atomic E-state index is 13.4. The maximum Gasteiger partial charge on any atom is 0.266 e. The van der Waals surface area contributed by atoms with Gasteiger partial charge in [0.25, 0.3) is 10.0 Å². The molecule has 0 saturated heterocycles. The predicted molar refractivity (Wildman–Crippen MR) is 95.7 cm³/mol. The number of nitrogens with zero attached hydrogens (tertiary/aromatic N) is 4. The van der Waals surface area contributed by atoms with Crippen LogP contribution in [0.25, 0.3) is 11.3 Å². The Morgan fingerprint density at radius 2 is 1.68 bits per heavy atom. The van der Waals surface area contributed by atoms with Crippen molar-refractivity contribution in [3.05, 3.63) is 59.8 Å². The third-order valence-corrected chi connectivity index (χ3v) is 6.40. The standard InChI is InChI=1S/C18H18N4O2S/c1-12-4-7-15(8-5-12)25(23,24)22-14(3)21-18(11-19-20-21)16-10-13(2)6-9-17(16)22/h4-11,14H,1-3H3. The number of fused-ring (bicyclic) bond motifs is 3. The van der Waals surface area contributed by atoms with Crippen LogP contribution in [0.3, 0.4) is 0 Å². The van der Waals surface area contributed by atoms with E-state index in [9.17, 15) is 8.42 Å². The number of sulfonamides is 1. The van der Waals surface area contributed by atoms with Gasteiger partial charge in [-0.25, -0.2) is 17.4 Å². The van der Waals surface area contributed by atoms with Crippen LogP contribution in [0.2, 0.25) is 0 Å². The summed E-state index contributed by atoms with van der Waals surface area (Å²) in [5.74, 6) is 0. The lowest BCUT2D eigenvalue weighted by Crippen LogP contribution is -2.40. The quantitative estimate of drug-likeness (QED) is 0.708. The molecule has 2 aromatic carbocycles. The van der Waals surface area contributed by atoms with Gasteiger partial charge < -0.3 is 0 Å². The Morgan fingerprint density at radius 1 is 1.00 bits per heavy atom. The lowest BCUT2D eigenvalue weighted by molar-refractivity contribution is 0.479. The second-order valence-corrected chi connectivity index (χ2v) is 8.15. The molecule has 0 spiro atoms. The zero-order chi connectivity index (χ0) is 17.8. The van der Waals surface area contributed by atoms with Crippen LogP contribution in [-0.4, -0.2) is 23.4 Å². The number of aryl methyl sites for hydroxylation is 2. The van der Waals surface area contributed by atoms with Crippen LogP contribution in [0.1, 0.15) is 24.2 Å². The molecule has 1 atom stereocenters. The summed E-state index contributed by atoms with van der Waals surface area (Å²) in [4.78, 5) is 0.264. The molecule has 25 heavy (non-hydrogen) atoms. The molecule has 0 saturated carbocycles. The Hall–Kier alpha value is -2.67. The fourth-order valence-corrected chi connectivity index (χ4v) is 4.83. The van der Waals surface area contributed by atoms with Crippen molar-refractivity contribution in [1.82, 2.24) is 15.0 Å². The van der Waals surface area contributed by atoms with Crippen LogP contribution < -0.4 is 4.31 Å². The van der Waals surface area contributed by atoms with Crippen molar-refractivity contribution < 1.29 is 8.42 Å². The summed E-state index contributed by atoms with van der Waals surface area (Å²) in [5.41, 5.74) is 4.35. The van der Waals surface area contributed by atoms with E-state index in [1.54, 1.807) is 35.1 Å². The zero-order valence-corrected chi connectivity index (χ0v) is 15.0. The van der Waals surface area contributed by atoms with Crippen LogP contribution in [0, 0.1) is 13.8 Å². The number of benzene rings is 2. The van der Waals surface area contributed by atoms with Crippen molar-refractivity contribution in [1.29, 1.82) is 0 Å². The molecule has 2 heterocycles. The number of rotatable bonds is 2. The van der Waals surface area contributed by atoms with Gasteiger partial charge in [0.2, 0.25) is 0 Å². The highest BCUT2D eigenvalue weighted by molar-refractivity contribution is 7.92. The van der Waals surface area contributed by atoms with Crippen LogP contribution >= 0.6 is 0 Å². The van der Waals surface area contributed by atoms with Crippen LogP contribution in [0.15, 0.2) is 53.6 Å². The molecule has 7 heteroatoms. The van der Waals surface area contributed by atoms with Crippen molar-refractivity contribution in [3.8, 4) is 11.3 Å². The van der Waals surface area contributed by atoms with Crippen molar-refractivity contribution in [2.24, 2.45) is 0 Å². The van der Waals surface area contributed by atoms with E-state index in [1.807, 2.05) is 39.0 Å². The summed E-state index contributed by atoms with van der Waals surface area (Å²) < 4.78 is 29.8. The van der Waals surface area contributed by atoms with E-state index in [0.717, 1.165) is 22.4 Å². The molecule has 128 valence electrons. The molecule has 0 fully saturated rings. The first-order valence-corrected chi connectivity index (χ1v) is 9.46. The maximum absolute atomic E-state index is 13.4. The van der Waals surface area contributed by atoms with E-state index in [1.165, 1.54) is 4.31 Å². The number of aromatic nitrogens is 3. The summed E-state index contributed by atoms with van der Waals surface area (Å²) in [7, 11) is -3.73. The van der Waals surface area contributed by atoms with Gasteiger partial charge in [-0.3, -0.25) is 0 Å². The van der Waals surface area contributed by atoms with Crippen molar-refractivity contribution in [2.75, 3.05) is 4.31 Å². The van der Waals surface area contributed by atoms with Gasteiger partial charge >= 0.3 is 0 Å². The summed E-state index contributed by atoms with van der Waals surface area (Å²) in [6.07, 6.45) is 1.17. The molecule has 1 unspecified atom stereocenters. The molecule has 3 aromatic rings. The van der Waals surface area contributed by atoms with Gasteiger partial charge in [0.1, 0.15) is 6.17 Å².